The fourth-order valence-corrected chi connectivity index (χ4v) is 2.90. The van der Waals surface area contributed by atoms with Gasteiger partial charge in [0.05, 0.1) is 3.79 Å². The van der Waals surface area contributed by atoms with Crippen molar-refractivity contribution in [1.82, 2.24) is 0 Å². The van der Waals surface area contributed by atoms with Crippen molar-refractivity contribution >= 4 is 27.3 Å². The zero-order valence-electron chi connectivity index (χ0n) is 9.48. The first-order valence-corrected chi connectivity index (χ1v) is 6.93. The Morgan fingerprint density at radius 1 is 1.31 bits per heavy atom. The number of hydrogen-bond donors (Lipinski definition) is 1. The second-order valence-corrected chi connectivity index (χ2v) is 5.80. The molecule has 1 heterocycles. The molecule has 5 heteroatoms. The SMILES string of the molecule is CCOC(OCC)C(O)Cc1ccc(Br)s1. The molecule has 0 aromatic carbocycles. The molecule has 0 spiro atoms. The minimum Gasteiger partial charge on any atom is -0.387 e. The van der Waals surface area contributed by atoms with Gasteiger partial charge in [0.2, 0.25) is 0 Å². The van der Waals surface area contributed by atoms with E-state index in [0.717, 1.165) is 8.66 Å². The quantitative estimate of drug-likeness (QED) is 0.787. The van der Waals surface area contributed by atoms with E-state index in [1.807, 2.05) is 26.0 Å². The summed E-state index contributed by atoms with van der Waals surface area (Å²) in [6.45, 7) is 4.85. The summed E-state index contributed by atoms with van der Waals surface area (Å²) >= 11 is 5.01. The maximum atomic E-state index is 9.98. The minimum atomic E-state index is -0.620. The summed E-state index contributed by atoms with van der Waals surface area (Å²) in [4.78, 5) is 1.11. The second kappa shape index (κ2) is 7.40. The molecule has 3 nitrogen and oxygen atoms in total. The predicted octanol–water partition coefficient (Wildman–Crippen LogP) is 2.81. The van der Waals surface area contributed by atoms with Crippen LogP contribution in [0.5, 0.6) is 0 Å². The molecule has 0 bridgehead atoms. The molecule has 1 atom stereocenters. The Hall–Kier alpha value is 0.0600. The number of rotatable bonds is 7. The Bertz CT molecular complexity index is 297. The van der Waals surface area contributed by atoms with Crippen LogP contribution >= 0.6 is 27.3 Å². The standard InChI is InChI=1S/C11H17BrO3S/c1-3-14-11(15-4-2)9(13)7-8-5-6-10(12)16-8/h5-6,9,11,13H,3-4,7H2,1-2H3. The molecule has 16 heavy (non-hydrogen) atoms. The van der Waals surface area contributed by atoms with Crippen LogP contribution < -0.4 is 0 Å². The van der Waals surface area contributed by atoms with Crippen molar-refractivity contribution in [2.75, 3.05) is 13.2 Å². The highest BCUT2D eigenvalue weighted by Gasteiger charge is 2.20. The van der Waals surface area contributed by atoms with Crippen molar-refractivity contribution in [3.63, 3.8) is 0 Å². The minimum absolute atomic E-state index is 0.532. The molecule has 0 saturated heterocycles. The highest BCUT2D eigenvalue weighted by molar-refractivity contribution is 9.11. The molecule has 1 N–H and O–H groups in total. The number of thiophene rings is 1. The van der Waals surface area contributed by atoms with Gasteiger partial charge in [-0.2, -0.15) is 0 Å². The first-order chi connectivity index (χ1) is 7.67. The van der Waals surface area contributed by atoms with Gasteiger partial charge in [0.1, 0.15) is 6.10 Å². The smallest absolute Gasteiger partial charge is 0.183 e. The van der Waals surface area contributed by atoms with Gasteiger partial charge in [-0.15, -0.1) is 11.3 Å². The molecule has 1 unspecified atom stereocenters. The molecule has 1 rings (SSSR count). The van der Waals surface area contributed by atoms with Crippen molar-refractivity contribution in [2.24, 2.45) is 0 Å². The van der Waals surface area contributed by atoms with Gasteiger partial charge in [0.25, 0.3) is 0 Å². The highest BCUT2D eigenvalue weighted by Crippen LogP contribution is 2.24. The normalized spacial score (nSPS) is 13.3. The second-order valence-electron chi connectivity index (χ2n) is 3.26. The van der Waals surface area contributed by atoms with E-state index >= 15 is 0 Å². The molecular weight excluding hydrogens is 292 g/mol. The maximum Gasteiger partial charge on any atom is 0.183 e. The third-order valence-electron chi connectivity index (χ3n) is 2.02. The zero-order valence-corrected chi connectivity index (χ0v) is 11.9. The Morgan fingerprint density at radius 2 is 1.94 bits per heavy atom. The summed E-state index contributed by atoms with van der Waals surface area (Å²) in [5, 5.41) is 9.98. The van der Waals surface area contributed by atoms with E-state index < -0.39 is 12.4 Å². The zero-order chi connectivity index (χ0) is 12.0. The molecule has 0 fully saturated rings. The van der Waals surface area contributed by atoms with Crippen molar-refractivity contribution in [1.29, 1.82) is 0 Å². The summed E-state index contributed by atoms with van der Waals surface area (Å²) in [7, 11) is 0. The van der Waals surface area contributed by atoms with Crippen molar-refractivity contribution in [2.45, 2.75) is 32.7 Å². The third kappa shape index (κ3) is 4.51. The van der Waals surface area contributed by atoms with Crippen LogP contribution in [0, 0.1) is 0 Å². The van der Waals surface area contributed by atoms with E-state index in [1.54, 1.807) is 11.3 Å². The summed E-state index contributed by atoms with van der Waals surface area (Å²) in [5.41, 5.74) is 0. The number of ether oxygens (including phenoxy) is 2. The monoisotopic (exact) mass is 308 g/mol. The van der Waals surface area contributed by atoms with E-state index in [-0.39, 0.29) is 0 Å². The lowest BCUT2D eigenvalue weighted by Gasteiger charge is -2.22. The van der Waals surface area contributed by atoms with E-state index in [9.17, 15) is 5.11 Å². The van der Waals surface area contributed by atoms with Gasteiger partial charge in [0, 0.05) is 24.5 Å². The number of aliphatic hydroxyl groups is 1. The molecule has 1 aromatic rings. The molecule has 1 aromatic heterocycles. The summed E-state index contributed by atoms with van der Waals surface area (Å²) in [5.74, 6) is 0. The molecule has 0 amide bonds. The first-order valence-electron chi connectivity index (χ1n) is 5.32. The van der Waals surface area contributed by atoms with Crippen LogP contribution in [0.4, 0.5) is 0 Å². The van der Waals surface area contributed by atoms with Gasteiger partial charge in [0.15, 0.2) is 6.29 Å². The Labute approximate surface area is 109 Å². The van der Waals surface area contributed by atoms with Gasteiger partial charge in [-0.05, 0) is 41.9 Å². The molecule has 0 aliphatic rings. The van der Waals surface area contributed by atoms with Gasteiger partial charge < -0.3 is 14.6 Å². The maximum absolute atomic E-state index is 9.98. The average molecular weight is 309 g/mol. The summed E-state index contributed by atoms with van der Waals surface area (Å²) in [6, 6.07) is 3.97. The predicted molar refractivity (Wildman–Crippen MR) is 68.8 cm³/mol. The van der Waals surface area contributed by atoms with E-state index in [1.165, 1.54) is 0 Å². The van der Waals surface area contributed by atoms with Gasteiger partial charge in [-0.25, -0.2) is 0 Å². The molecule has 0 aliphatic carbocycles. The Kier molecular flexibility index (Phi) is 6.53. The first kappa shape index (κ1) is 14.1. The van der Waals surface area contributed by atoms with Crippen LogP contribution in [-0.2, 0) is 15.9 Å². The number of aliphatic hydroxyl groups excluding tert-OH is 1. The number of hydrogen-bond acceptors (Lipinski definition) is 4. The molecule has 92 valence electrons. The van der Waals surface area contributed by atoms with Crippen LogP contribution in [0.15, 0.2) is 15.9 Å². The van der Waals surface area contributed by atoms with Crippen LogP contribution in [0.25, 0.3) is 0 Å². The molecule has 0 aliphatic heterocycles. The van der Waals surface area contributed by atoms with Gasteiger partial charge >= 0.3 is 0 Å². The topological polar surface area (TPSA) is 38.7 Å². The van der Waals surface area contributed by atoms with Crippen LogP contribution in [0.1, 0.15) is 18.7 Å². The van der Waals surface area contributed by atoms with Crippen molar-refractivity contribution in [3.05, 3.63) is 20.8 Å². The highest BCUT2D eigenvalue weighted by atomic mass is 79.9. The lowest BCUT2D eigenvalue weighted by molar-refractivity contribution is -0.188. The fraction of sp³-hybridized carbons (Fsp3) is 0.636. The Morgan fingerprint density at radius 3 is 2.38 bits per heavy atom. The fourth-order valence-electron chi connectivity index (χ4n) is 1.36. The summed E-state index contributed by atoms with van der Waals surface area (Å²) in [6.07, 6.45) is -0.595. The third-order valence-corrected chi connectivity index (χ3v) is 3.66. The van der Waals surface area contributed by atoms with Crippen molar-refractivity contribution < 1.29 is 14.6 Å². The molecule has 0 radical (unpaired) electrons. The van der Waals surface area contributed by atoms with E-state index in [0.29, 0.717) is 19.6 Å². The molecular formula is C11H17BrO3S. The largest absolute Gasteiger partial charge is 0.387 e. The molecule has 0 saturated carbocycles. The van der Waals surface area contributed by atoms with Crippen molar-refractivity contribution in [3.8, 4) is 0 Å². The van der Waals surface area contributed by atoms with E-state index in [4.69, 9.17) is 9.47 Å². The van der Waals surface area contributed by atoms with E-state index in [2.05, 4.69) is 15.9 Å². The van der Waals surface area contributed by atoms with Gasteiger partial charge in [-0.1, -0.05) is 0 Å². The lowest BCUT2D eigenvalue weighted by atomic mass is 10.2. The summed E-state index contributed by atoms with van der Waals surface area (Å²) < 4.78 is 11.8. The number of halogens is 1. The van der Waals surface area contributed by atoms with Crippen LogP contribution in [-0.4, -0.2) is 30.7 Å². The van der Waals surface area contributed by atoms with Crippen LogP contribution in [0.2, 0.25) is 0 Å². The van der Waals surface area contributed by atoms with Crippen LogP contribution in [0.3, 0.4) is 0 Å². The average Bonchev–Trinajstić information content (AvgIpc) is 2.63. The lowest BCUT2D eigenvalue weighted by Crippen LogP contribution is -2.33. The van der Waals surface area contributed by atoms with Gasteiger partial charge in [-0.3, -0.25) is 0 Å². The Balaban J connectivity index is 2.50.